The number of hydrogen-bond acceptors (Lipinski definition) is 5. The van der Waals surface area contributed by atoms with E-state index in [1.165, 1.54) is 0 Å². The molecule has 4 rings (SSSR count). The molecule has 3 heterocycles. The Labute approximate surface area is 142 Å². The van der Waals surface area contributed by atoms with Crippen molar-refractivity contribution in [3.8, 4) is 22.1 Å². The number of aryl methyl sites for hydroxylation is 1. The van der Waals surface area contributed by atoms with E-state index < -0.39 is 0 Å². The Morgan fingerprint density at radius 3 is 3.00 bits per heavy atom. The van der Waals surface area contributed by atoms with Crippen LogP contribution in [0.5, 0.6) is 11.5 Å². The average molecular weight is 341 g/mol. The van der Waals surface area contributed by atoms with Crippen molar-refractivity contribution in [3.63, 3.8) is 0 Å². The number of fused-ring (bicyclic) bond motifs is 1. The standard InChI is InChI=1S/C17H15N3O3S/c1-20-13(8-12(19-20)16-3-2-6-24-16)17(21)18-9-11-4-5-14-15(7-11)23-10-22-14/h2-8H,9-10H2,1H3,(H,18,21). The molecule has 0 bridgehead atoms. The van der Waals surface area contributed by atoms with E-state index in [9.17, 15) is 4.79 Å². The molecule has 7 heteroatoms. The lowest BCUT2D eigenvalue weighted by atomic mass is 10.2. The highest BCUT2D eigenvalue weighted by Crippen LogP contribution is 2.32. The van der Waals surface area contributed by atoms with Gasteiger partial charge >= 0.3 is 0 Å². The highest BCUT2D eigenvalue weighted by Gasteiger charge is 2.16. The maximum Gasteiger partial charge on any atom is 0.269 e. The summed E-state index contributed by atoms with van der Waals surface area (Å²) in [5.41, 5.74) is 2.29. The van der Waals surface area contributed by atoms with E-state index in [4.69, 9.17) is 9.47 Å². The molecular weight excluding hydrogens is 326 g/mol. The van der Waals surface area contributed by atoms with Crippen molar-refractivity contribution in [1.29, 1.82) is 0 Å². The number of nitrogens with zero attached hydrogens (tertiary/aromatic N) is 2. The van der Waals surface area contributed by atoms with Crippen molar-refractivity contribution in [1.82, 2.24) is 15.1 Å². The molecule has 0 fully saturated rings. The Hall–Kier alpha value is -2.80. The average Bonchev–Trinajstić information content (AvgIpc) is 3.31. The molecule has 0 saturated heterocycles. The first-order chi connectivity index (χ1) is 11.7. The highest BCUT2D eigenvalue weighted by molar-refractivity contribution is 7.13. The number of aromatic nitrogens is 2. The van der Waals surface area contributed by atoms with Gasteiger partial charge in [0, 0.05) is 13.6 Å². The number of ether oxygens (including phenoxy) is 2. The fourth-order valence-corrected chi connectivity index (χ4v) is 3.23. The van der Waals surface area contributed by atoms with Crippen LogP contribution in [-0.2, 0) is 13.6 Å². The summed E-state index contributed by atoms with van der Waals surface area (Å²) in [6.07, 6.45) is 0. The maximum atomic E-state index is 12.4. The van der Waals surface area contributed by atoms with Crippen LogP contribution in [0.15, 0.2) is 41.8 Å². The summed E-state index contributed by atoms with van der Waals surface area (Å²) < 4.78 is 12.2. The van der Waals surface area contributed by atoms with Gasteiger partial charge in [0.1, 0.15) is 11.4 Å². The first kappa shape index (κ1) is 14.8. The molecule has 1 aliphatic rings. The van der Waals surface area contributed by atoms with Crippen LogP contribution in [-0.4, -0.2) is 22.5 Å². The molecule has 0 atom stereocenters. The molecule has 1 N–H and O–H groups in total. The van der Waals surface area contributed by atoms with Gasteiger partial charge in [-0.1, -0.05) is 12.1 Å². The number of thiophene rings is 1. The van der Waals surface area contributed by atoms with Gasteiger partial charge in [-0.3, -0.25) is 9.48 Å². The summed E-state index contributed by atoms with van der Waals surface area (Å²) in [5.74, 6) is 1.28. The number of hydrogen-bond donors (Lipinski definition) is 1. The summed E-state index contributed by atoms with van der Waals surface area (Å²) in [4.78, 5) is 13.5. The van der Waals surface area contributed by atoms with Crippen molar-refractivity contribution >= 4 is 17.2 Å². The van der Waals surface area contributed by atoms with Crippen LogP contribution in [0.2, 0.25) is 0 Å². The lowest BCUT2D eigenvalue weighted by molar-refractivity contribution is 0.0941. The second-order valence-corrected chi connectivity index (χ2v) is 6.33. The van der Waals surface area contributed by atoms with Gasteiger partial charge in [-0.15, -0.1) is 11.3 Å². The first-order valence-electron chi connectivity index (χ1n) is 7.45. The second-order valence-electron chi connectivity index (χ2n) is 5.39. The van der Waals surface area contributed by atoms with Crippen LogP contribution < -0.4 is 14.8 Å². The zero-order chi connectivity index (χ0) is 16.5. The smallest absolute Gasteiger partial charge is 0.269 e. The molecule has 1 amide bonds. The summed E-state index contributed by atoms with van der Waals surface area (Å²) >= 11 is 1.60. The van der Waals surface area contributed by atoms with E-state index in [1.807, 2.05) is 35.7 Å². The van der Waals surface area contributed by atoms with Crippen molar-refractivity contribution in [3.05, 3.63) is 53.0 Å². The largest absolute Gasteiger partial charge is 0.454 e. The Morgan fingerprint density at radius 1 is 1.29 bits per heavy atom. The summed E-state index contributed by atoms with van der Waals surface area (Å²) in [6, 6.07) is 11.4. The van der Waals surface area contributed by atoms with E-state index >= 15 is 0 Å². The predicted molar refractivity (Wildman–Crippen MR) is 90.3 cm³/mol. The Balaban J connectivity index is 1.47. The van der Waals surface area contributed by atoms with Gasteiger partial charge in [0.15, 0.2) is 11.5 Å². The third-order valence-electron chi connectivity index (χ3n) is 3.78. The molecule has 2 aromatic heterocycles. The highest BCUT2D eigenvalue weighted by atomic mass is 32.1. The van der Waals surface area contributed by atoms with Crippen LogP contribution in [0.1, 0.15) is 16.1 Å². The molecule has 6 nitrogen and oxygen atoms in total. The number of amides is 1. The topological polar surface area (TPSA) is 65.4 Å². The normalized spacial score (nSPS) is 12.4. The quantitative estimate of drug-likeness (QED) is 0.792. The molecular formula is C17H15N3O3S. The van der Waals surface area contributed by atoms with Gasteiger partial charge in [0.05, 0.1) is 4.88 Å². The summed E-state index contributed by atoms with van der Waals surface area (Å²) in [7, 11) is 1.77. The molecule has 0 spiro atoms. The van der Waals surface area contributed by atoms with Gasteiger partial charge in [0.25, 0.3) is 5.91 Å². The van der Waals surface area contributed by atoms with E-state index in [2.05, 4.69) is 10.4 Å². The van der Waals surface area contributed by atoms with Gasteiger partial charge in [-0.2, -0.15) is 5.10 Å². The SMILES string of the molecule is Cn1nc(-c2cccs2)cc1C(=O)NCc1ccc2c(c1)OCO2. The summed E-state index contributed by atoms with van der Waals surface area (Å²) in [6.45, 7) is 0.653. The van der Waals surface area contributed by atoms with E-state index in [0.717, 1.165) is 21.9 Å². The molecule has 0 radical (unpaired) electrons. The van der Waals surface area contributed by atoms with Crippen molar-refractivity contribution < 1.29 is 14.3 Å². The van der Waals surface area contributed by atoms with Crippen molar-refractivity contribution in [2.45, 2.75) is 6.54 Å². The molecule has 1 aromatic carbocycles. The van der Waals surface area contributed by atoms with Crippen molar-refractivity contribution in [2.75, 3.05) is 6.79 Å². The molecule has 1 aliphatic heterocycles. The monoisotopic (exact) mass is 341 g/mol. The lowest BCUT2D eigenvalue weighted by Crippen LogP contribution is -2.25. The number of benzene rings is 1. The van der Waals surface area contributed by atoms with Crippen LogP contribution >= 0.6 is 11.3 Å². The van der Waals surface area contributed by atoms with E-state index in [0.29, 0.717) is 18.0 Å². The lowest BCUT2D eigenvalue weighted by Gasteiger charge is -2.06. The van der Waals surface area contributed by atoms with Crippen LogP contribution in [0.3, 0.4) is 0 Å². The predicted octanol–water partition coefficient (Wildman–Crippen LogP) is 2.81. The number of carbonyl (C=O) groups excluding carboxylic acids is 1. The third-order valence-corrected chi connectivity index (χ3v) is 4.67. The fraction of sp³-hybridized carbons (Fsp3) is 0.176. The fourth-order valence-electron chi connectivity index (χ4n) is 2.55. The second kappa shape index (κ2) is 6.01. The van der Waals surface area contributed by atoms with Crippen LogP contribution in [0.25, 0.3) is 10.6 Å². The number of carbonyl (C=O) groups is 1. The number of rotatable bonds is 4. The van der Waals surface area contributed by atoms with Crippen LogP contribution in [0.4, 0.5) is 0 Å². The Kier molecular flexibility index (Phi) is 3.70. The Bertz CT molecular complexity index is 887. The molecule has 0 aliphatic carbocycles. The third kappa shape index (κ3) is 2.74. The van der Waals surface area contributed by atoms with Gasteiger partial charge in [-0.05, 0) is 35.2 Å². The molecule has 0 unspecified atom stereocenters. The Morgan fingerprint density at radius 2 is 2.17 bits per heavy atom. The zero-order valence-corrected chi connectivity index (χ0v) is 13.8. The minimum Gasteiger partial charge on any atom is -0.454 e. The van der Waals surface area contributed by atoms with E-state index in [1.54, 1.807) is 29.1 Å². The van der Waals surface area contributed by atoms with Gasteiger partial charge < -0.3 is 14.8 Å². The van der Waals surface area contributed by atoms with E-state index in [-0.39, 0.29) is 12.7 Å². The van der Waals surface area contributed by atoms with Crippen LogP contribution in [0, 0.1) is 0 Å². The number of nitrogens with one attached hydrogen (secondary N) is 1. The minimum absolute atomic E-state index is 0.162. The van der Waals surface area contributed by atoms with Gasteiger partial charge in [-0.25, -0.2) is 0 Å². The molecule has 3 aromatic rings. The zero-order valence-electron chi connectivity index (χ0n) is 13.0. The first-order valence-corrected chi connectivity index (χ1v) is 8.33. The minimum atomic E-state index is -0.162. The molecule has 122 valence electrons. The molecule has 0 saturated carbocycles. The molecule has 24 heavy (non-hydrogen) atoms. The summed E-state index contributed by atoms with van der Waals surface area (Å²) in [5, 5.41) is 9.31. The van der Waals surface area contributed by atoms with Crippen molar-refractivity contribution in [2.24, 2.45) is 7.05 Å². The van der Waals surface area contributed by atoms with Gasteiger partial charge in [0.2, 0.25) is 6.79 Å². The maximum absolute atomic E-state index is 12.4.